The van der Waals surface area contributed by atoms with Crippen LogP contribution in [0, 0.1) is 0 Å². The Morgan fingerprint density at radius 3 is 2.79 bits per heavy atom. The molecule has 1 saturated heterocycles. The van der Waals surface area contributed by atoms with Crippen LogP contribution < -0.4 is 10.6 Å². The summed E-state index contributed by atoms with van der Waals surface area (Å²) in [5.74, 6) is 0.0144. The number of ether oxygens (including phenoxy) is 1. The number of piperidine rings is 1. The van der Waals surface area contributed by atoms with Gasteiger partial charge < -0.3 is 20.4 Å². The summed E-state index contributed by atoms with van der Waals surface area (Å²) in [7, 11) is 1.64. The first-order chi connectivity index (χ1) is 11.7. The minimum absolute atomic E-state index is 0.0144. The first kappa shape index (κ1) is 17.0. The summed E-state index contributed by atoms with van der Waals surface area (Å²) in [4.78, 5) is 16.0. The molecule has 1 aromatic heterocycles. The second kappa shape index (κ2) is 7.36. The molecule has 5 heteroatoms. The SMILES string of the molecule is CCc1cccc2c(CCNC(=O)C3(OC)CCNCC3)c[nH]c12. The number of carbonyl (C=O) groups is 1. The van der Waals surface area contributed by atoms with Gasteiger partial charge in [-0.15, -0.1) is 0 Å². The number of hydrogen-bond donors (Lipinski definition) is 3. The summed E-state index contributed by atoms with van der Waals surface area (Å²) in [6, 6.07) is 6.40. The van der Waals surface area contributed by atoms with Crippen molar-refractivity contribution in [3.05, 3.63) is 35.5 Å². The molecule has 1 aromatic carbocycles. The Kier molecular flexibility index (Phi) is 5.21. The number of fused-ring (bicyclic) bond motifs is 1. The molecule has 0 radical (unpaired) electrons. The molecule has 2 aromatic rings. The number of hydrogen-bond acceptors (Lipinski definition) is 3. The summed E-state index contributed by atoms with van der Waals surface area (Å²) in [5, 5.41) is 7.60. The van der Waals surface area contributed by atoms with Crippen molar-refractivity contribution in [3.8, 4) is 0 Å². The normalized spacial score (nSPS) is 17.1. The fourth-order valence-electron chi connectivity index (χ4n) is 3.60. The second-order valence-corrected chi connectivity index (χ2v) is 6.46. The number of para-hydroxylation sites is 1. The highest BCUT2D eigenvalue weighted by atomic mass is 16.5. The molecule has 2 heterocycles. The van der Waals surface area contributed by atoms with Crippen LogP contribution in [0.5, 0.6) is 0 Å². The molecule has 1 amide bonds. The van der Waals surface area contributed by atoms with Crippen molar-refractivity contribution in [3.63, 3.8) is 0 Å². The highest BCUT2D eigenvalue weighted by Crippen LogP contribution is 2.24. The van der Waals surface area contributed by atoms with Gasteiger partial charge in [-0.2, -0.15) is 0 Å². The summed E-state index contributed by atoms with van der Waals surface area (Å²) in [6.45, 7) is 4.44. The monoisotopic (exact) mass is 329 g/mol. The fourth-order valence-corrected chi connectivity index (χ4v) is 3.60. The van der Waals surface area contributed by atoms with E-state index in [0.717, 1.165) is 38.8 Å². The van der Waals surface area contributed by atoms with Gasteiger partial charge in [0.1, 0.15) is 5.60 Å². The van der Waals surface area contributed by atoms with Gasteiger partial charge in [0, 0.05) is 30.8 Å². The number of H-pyrrole nitrogens is 1. The van der Waals surface area contributed by atoms with E-state index in [1.165, 1.54) is 22.0 Å². The molecule has 1 aliphatic rings. The zero-order chi connectivity index (χ0) is 17.0. The van der Waals surface area contributed by atoms with Crippen LogP contribution in [0.1, 0.15) is 30.9 Å². The van der Waals surface area contributed by atoms with Crippen molar-refractivity contribution in [1.82, 2.24) is 15.6 Å². The molecule has 0 saturated carbocycles. The zero-order valence-electron chi connectivity index (χ0n) is 14.6. The molecule has 0 atom stereocenters. The molecule has 3 N–H and O–H groups in total. The molecule has 0 bridgehead atoms. The van der Waals surface area contributed by atoms with E-state index in [4.69, 9.17) is 4.74 Å². The van der Waals surface area contributed by atoms with E-state index in [1.54, 1.807) is 7.11 Å². The number of methoxy groups -OCH3 is 1. The molecular weight excluding hydrogens is 302 g/mol. The summed E-state index contributed by atoms with van der Waals surface area (Å²) in [6.07, 6.45) is 5.34. The molecular formula is C19H27N3O2. The number of amides is 1. The predicted octanol–water partition coefficient (Wildman–Crippen LogP) is 2.16. The summed E-state index contributed by atoms with van der Waals surface area (Å²) < 4.78 is 5.57. The first-order valence-electron chi connectivity index (χ1n) is 8.82. The highest BCUT2D eigenvalue weighted by Gasteiger charge is 2.39. The van der Waals surface area contributed by atoms with Gasteiger partial charge in [-0.25, -0.2) is 0 Å². The third-order valence-corrected chi connectivity index (χ3v) is 5.16. The summed E-state index contributed by atoms with van der Waals surface area (Å²) in [5.41, 5.74) is 3.13. The van der Waals surface area contributed by atoms with Crippen LogP contribution in [0.4, 0.5) is 0 Å². The van der Waals surface area contributed by atoms with Crippen molar-refractivity contribution in [2.75, 3.05) is 26.7 Å². The van der Waals surface area contributed by atoms with Crippen LogP contribution in [-0.4, -0.2) is 43.2 Å². The number of aromatic nitrogens is 1. The molecule has 24 heavy (non-hydrogen) atoms. The second-order valence-electron chi connectivity index (χ2n) is 6.46. The average Bonchev–Trinajstić information content (AvgIpc) is 3.05. The lowest BCUT2D eigenvalue weighted by atomic mass is 9.91. The van der Waals surface area contributed by atoms with Gasteiger partial charge in [-0.1, -0.05) is 25.1 Å². The zero-order valence-corrected chi connectivity index (χ0v) is 14.6. The van der Waals surface area contributed by atoms with E-state index in [-0.39, 0.29) is 5.91 Å². The Morgan fingerprint density at radius 1 is 1.29 bits per heavy atom. The molecule has 0 spiro atoms. The van der Waals surface area contributed by atoms with Crippen LogP contribution in [0.15, 0.2) is 24.4 Å². The van der Waals surface area contributed by atoms with Crippen molar-refractivity contribution < 1.29 is 9.53 Å². The maximum atomic E-state index is 12.6. The number of benzene rings is 1. The molecule has 0 unspecified atom stereocenters. The number of aryl methyl sites for hydroxylation is 1. The highest BCUT2D eigenvalue weighted by molar-refractivity contribution is 5.87. The Labute approximate surface area is 143 Å². The average molecular weight is 329 g/mol. The van der Waals surface area contributed by atoms with Gasteiger partial charge >= 0.3 is 0 Å². The maximum absolute atomic E-state index is 12.6. The summed E-state index contributed by atoms with van der Waals surface area (Å²) >= 11 is 0. The van der Waals surface area contributed by atoms with E-state index < -0.39 is 5.60 Å². The standard InChI is InChI=1S/C19H27N3O2/c1-3-14-5-4-6-16-15(13-22-17(14)16)7-10-21-18(23)19(24-2)8-11-20-12-9-19/h4-6,13,20,22H,3,7-12H2,1-2H3,(H,21,23). The molecule has 1 aliphatic heterocycles. The van der Waals surface area contributed by atoms with Gasteiger partial charge in [0.2, 0.25) is 0 Å². The number of nitrogens with one attached hydrogen (secondary N) is 3. The largest absolute Gasteiger partial charge is 0.368 e. The molecule has 1 fully saturated rings. The molecule has 3 rings (SSSR count). The van der Waals surface area contributed by atoms with Gasteiger partial charge in [-0.05, 0) is 49.9 Å². The van der Waals surface area contributed by atoms with Gasteiger partial charge in [0.15, 0.2) is 0 Å². The van der Waals surface area contributed by atoms with Crippen LogP contribution in [0.2, 0.25) is 0 Å². The minimum Gasteiger partial charge on any atom is -0.368 e. The third-order valence-electron chi connectivity index (χ3n) is 5.16. The van der Waals surface area contributed by atoms with E-state index in [0.29, 0.717) is 6.54 Å². The number of carbonyl (C=O) groups excluding carboxylic acids is 1. The van der Waals surface area contributed by atoms with Crippen molar-refractivity contribution in [2.45, 2.75) is 38.2 Å². The van der Waals surface area contributed by atoms with Crippen LogP contribution in [-0.2, 0) is 22.4 Å². The number of rotatable bonds is 6. The fraction of sp³-hybridized carbons (Fsp3) is 0.526. The number of aromatic amines is 1. The Morgan fingerprint density at radius 2 is 2.08 bits per heavy atom. The van der Waals surface area contributed by atoms with E-state index in [1.807, 2.05) is 0 Å². The maximum Gasteiger partial charge on any atom is 0.252 e. The Balaban J connectivity index is 1.63. The van der Waals surface area contributed by atoms with Gasteiger partial charge in [0.25, 0.3) is 5.91 Å². The van der Waals surface area contributed by atoms with E-state index >= 15 is 0 Å². The van der Waals surface area contributed by atoms with Crippen molar-refractivity contribution in [1.29, 1.82) is 0 Å². The topological polar surface area (TPSA) is 66.2 Å². The van der Waals surface area contributed by atoms with E-state index in [2.05, 4.69) is 46.9 Å². The van der Waals surface area contributed by atoms with Crippen molar-refractivity contribution in [2.24, 2.45) is 0 Å². The van der Waals surface area contributed by atoms with E-state index in [9.17, 15) is 4.79 Å². The van der Waals surface area contributed by atoms with Gasteiger partial charge in [-0.3, -0.25) is 4.79 Å². The quantitative estimate of drug-likeness (QED) is 0.761. The van der Waals surface area contributed by atoms with Gasteiger partial charge in [0.05, 0.1) is 0 Å². The van der Waals surface area contributed by atoms with Crippen molar-refractivity contribution >= 4 is 16.8 Å². The van der Waals surface area contributed by atoms with Crippen LogP contribution in [0.3, 0.4) is 0 Å². The minimum atomic E-state index is -0.666. The smallest absolute Gasteiger partial charge is 0.252 e. The lowest BCUT2D eigenvalue weighted by molar-refractivity contribution is -0.146. The molecule has 0 aliphatic carbocycles. The Bertz CT molecular complexity index is 702. The van der Waals surface area contributed by atoms with Crippen LogP contribution >= 0.6 is 0 Å². The third kappa shape index (κ3) is 3.19. The predicted molar refractivity (Wildman–Crippen MR) is 96.2 cm³/mol. The molecule has 130 valence electrons. The Hall–Kier alpha value is -1.85. The van der Waals surface area contributed by atoms with Crippen LogP contribution in [0.25, 0.3) is 10.9 Å². The lowest BCUT2D eigenvalue weighted by Crippen LogP contribution is -2.54. The lowest BCUT2D eigenvalue weighted by Gasteiger charge is -2.34. The molecule has 5 nitrogen and oxygen atoms in total. The first-order valence-corrected chi connectivity index (χ1v) is 8.82.